The van der Waals surface area contributed by atoms with Gasteiger partial charge in [0.1, 0.15) is 9.84 Å². The Hall–Kier alpha value is -0.0900. The number of rotatable bonds is 4. The maximum atomic E-state index is 11.2. The van der Waals surface area contributed by atoms with Crippen LogP contribution in [0.4, 0.5) is 0 Å². The fourth-order valence-corrected chi connectivity index (χ4v) is 4.38. The molecule has 0 radical (unpaired) electrons. The van der Waals surface area contributed by atoms with Crippen LogP contribution in [0.3, 0.4) is 0 Å². The first-order chi connectivity index (χ1) is 6.95. The standard InChI is InChI=1S/C11H21NO2S/c1-15(13,14)5-4-11(8-12)7-9-2-3-10(11)6-9/h9-10H,2-8,12H2,1H3. The molecule has 2 N–H and O–H groups in total. The zero-order valence-electron chi connectivity index (χ0n) is 9.41. The van der Waals surface area contributed by atoms with Crippen LogP contribution in [0.15, 0.2) is 0 Å². The average Bonchev–Trinajstić information content (AvgIpc) is 2.73. The summed E-state index contributed by atoms with van der Waals surface area (Å²) in [7, 11) is -2.83. The first-order valence-electron chi connectivity index (χ1n) is 5.83. The summed E-state index contributed by atoms with van der Waals surface area (Å²) in [4.78, 5) is 0. The number of hydrogen-bond acceptors (Lipinski definition) is 3. The minimum atomic E-state index is -2.83. The lowest BCUT2D eigenvalue weighted by molar-refractivity contribution is 0.166. The normalized spacial score (nSPS) is 39.9. The van der Waals surface area contributed by atoms with E-state index in [-0.39, 0.29) is 5.41 Å². The van der Waals surface area contributed by atoms with E-state index in [0.717, 1.165) is 12.3 Å². The molecule has 2 bridgehead atoms. The van der Waals surface area contributed by atoms with Gasteiger partial charge in [0.25, 0.3) is 0 Å². The zero-order chi connectivity index (χ0) is 11.1. The predicted molar refractivity (Wildman–Crippen MR) is 61.3 cm³/mol. The van der Waals surface area contributed by atoms with Crippen LogP contribution in [0.2, 0.25) is 0 Å². The lowest BCUT2D eigenvalue weighted by atomic mass is 9.71. The van der Waals surface area contributed by atoms with Gasteiger partial charge in [-0.2, -0.15) is 0 Å². The molecule has 0 saturated heterocycles. The topological polar surface area (TPSA) is 60.2 Å². The van der Waals surface area contributed by atoms with Gasteiger partial charge in [0.15, 0.2) is 0 Å². The van der Waals surface area contributed by atoms with Gasteiger partial charge in [-0.15, -0.1) is 0 Å². The smallest absolute Gasteiger partial charge is 0.147 e. The highest BCUT2D eigenvalue weighted by Gasteiger charge is 2.49. The van der Waals surface area contributed by atoms with E-state index in [2.05, 4.69) is 0 Å². The van der Waals surface area contributed by atoms with Crippen molar-refractivity contribution in [1.29, 1.82) is 0 Å². The summed E-state index contributed by atoms with van der Waals surface area (Å²) in [5.41, 5.74) is 6.05. The molecule has 3 unspecified atom stereocenters. The summed E-state index contributed by atoms with van der Waals surface area (Å²) in [5, 5.41) is 0. The Balaban J connectivity index is 2.04. The molecular formula is C11H21NO2S. The van der Waals surface area contributed by atoms with Gasteiger partial charge in [-0.1, -0.05) is 6.42 Å². The number of nitrogens with two attached hydrogens (primary N) is 1. The van der Waals surface area contributed by atoms with Crippen molar-refractivity contribution >= 4 is 9.84 Å². The quantitative estimate of drug-likeness (QED) is 0.790. The molecule has 0 aliphatic heterocycles. The van der Waals surface area contributed by atoms with Crippen LogP contribution in [0.5, 0.6) is 0 Å². The summed E-state index contributed by atoms with van der Waals surface area (Å²) in [5.74, 6) is 1.85. The van der Waals surface area contributed by atoms with Crippen molar-refractivity contribution in [3.8, 4) is 0 Å². The second-order valence-corrected chi connectivity index (χ2v) is 7.79. The molecule has 2 aliphatic carbocycles. The number of fused-ring (bicyclic) bond motifs is 2. The van der Waals surface area contributed by atoms with Crippen molar-refractivity contribution in [3.05, 3.63) is 0 Å². The van der Waals surface area contributed by atoms with E-state index in [1.165, 1.54) is 31.9 Å². The van der Waals surface area contributed by atoms with E-state index in [0.29, 0.717) is 18.2 Å². The second-order valence-electron chi connectivity index (χ2n) is 5.53. The van der Waals surface area contributed by atoms with Crippen LogP contribution in [0.25, 0.3) is 0 Å². The van der Waals surface area contributed by atoms with Crippen molar-refractivity contribution in [2.75, 3.05) is 18.6 Å². The van der Waals surface area contributed by atoms with E-state index in [1.54, 1.807) is 0 Å². The van der Waals surface area contributed by atoms with Crippen LogP contribution in [-0.2, 0) is 9.84 Å². The van der Waals surface area contributed by atoms with Gasteiger partial charge in [0.2, 0.25) is 0 Å². The van der Waals surface area contributed by atoms with E-state index in [4.69, 9.17) is 5.73 Å². The largest absolute Gasteiger partial charge is 0.330 e. The molecule has 4 heteroatoms. The summed E-state index contributed by atoms with van der Waals surface area (Å²) >= 11 is 0. The zero-order valence-corrected chi connectivity index (χ0v) is 10.2. The average molecular weight is 231 g/mol. The van der Waals surface area contributed by atoms with Crippen molar-refractivity contribution in [3.63, 3.8) is 0 Å². The highest BCUT2D eigenvalue weighted by molar-refractivity contribution is 7.90. The monoisotopic (exact) mass is 231 g/mol. The summed E-state index contributed by atoms with van der Waals surface area (Å²) < 4.78 is 22.4. The van der Waals surface area contributed by atoms with Gasteiger partial charge in [0.05, 0.1) is 5.75 Å². The summed E-state index contributed by atoms with van der Waals surface area (Å²) in [6, 6.07) is 0. The van der Waals surface area contributed by atoms with Crippen LogP contribution in [-0.4, -0.2) is 27.0 Å². The van der Waals surface area contributed by atoms with Crippen molar-refractivity contribution in [1.82, 2.24) is 0 Å². The molecule has 0 amide bonds. The fourth-order valence-electron chi connectivity index (χ4n) is 3.61. The molecule has 88 valence electrons. The van der Waals surface area contributed by atoms with Crippen LogP contribution in [0, 0.1) is 17.3 Å². The third-order valence-electron chi connectivity index (χ3n) is 4.48. The minimum Gasteiger partial charge on any atom is -0.330 e. The Kier molecular flexibility index (Phi) is 2.84. The highest BCUT2D eigenvalue weighted by atomic mass is 32.2. The molecule has 0 aromatic carbocycles. The van der Waals surface area contributed by atoms with Gasteiger partial charge in [-0.05, 0) is 49.5 Å². The molecule has 2 saturated carbocycles. The van der Waals surface area contributed by atoms with Crippen molar-refractivity contribution < 1.29 is 8.42 Å². The third kappa shape index (κ3) is 2.21. The molecule has 2 rings (SSSR count). The predicted octanol–water partition coefficient (Wildman–Crippen LogP) is 1.19. The minimum absolute atomic E-state index is 0.159. The number of sulfone groups is 1. The Morgan fingerprint density at radius 2 is 2.13 bits per heavy atom. The summed E-state index contributed by atoms with van der Waals surface area (Å²) in [6.45, 7) is 0.670. The number of hydrogen-bond donors (Lipinski definition) is 1. The molecule has 0 aromatic rings. The van der Waals surface area contributed by atoms with E-state index in [9.17, 15) is 8.42 Å². The summed E-state index contributed by atoms with van der Waals surface area (Å²) in [6.07, 6.45) is 7.18. The van der Waals surface area contributed by atoms with Crippen molar-refractivity contribution in [2.24, 2.45) is 23.0 Å². The lowest BCUT2D eigenvalue weighted by Gasteiger charge is -2.36. The Bertz CT molecular complexity index is 338. The molecule has 0 spiro atoms. The first-order valence-corrected chi connectivity index (χ1v) is 7.89. The van der Waals surface area contributed by atoms with Gasteiger partial charge < -0.3 is 5.73 Å². The highest BCUT2D eigenvalue weighted by Crippen LogP contribution is 2.57. The Morgan fingerprint density at radius 1 is 1.40 bits per heavy atom. The van der Waals surface area contributed by atoms with Gasteiger partial charge in [0, 0.05) is 6.26 Å². The molecule has 3 nitrogen and oxygen atoms in total. The molecule has 2 fully saturated rings. The van der Waals surface area contributed by atoms with E-state index < -0.39 is 9.84 Å². The Morgan fingerprint density at radius 3 is 2.53 bits per heavy atom. The van der Waals surface area contributed by atoms with Crippen LogP contribution < -0.4 is 5.73 Å². The SMILES string of the molecule is CS(=O)(=O)CCC1(CN)CC2CCC1C2. The third-order valence-corrected chi connectivity index (χ3v) is 5.43. The van der Waals surface area contributed by atoms with Crippen LogP contribution >= 0.6 is 0 Å². The lowest BCUT2D eigenvalue weighted by Crippen LogP contribution is -2.37. The van der Waals surface area contributed by atoms with Gasteiger partial charge in [-0.3, -0.25) is 0 Å². The molecule has 2 aliphatic rings. The fraction of sp³-hybridized carbons (Fsp3) is 1.00. The van der Waals surface area contributed by atoms with Crippen LogP contribution in [0.1, 0.15) is 32.1 Å². The van der Waals surface area contributed by atoms with Gasteiger partial charge >= 0.3 is 0 Å². The Labute approximate surface area is 92.3 Å². The van der Waals surface area contributed by atoms with Crippen molar-refractivity contribution in [2.45, 2.75) is 32.1 Å². The molecule has 15 heavy (non-hydrogen) atoms. The maximum Gasteiger partial charge on any atom is 0.147 e. The van der Waals surface area contributed by atoms with E-state index >= 15 is 0 Å². The second kappa shape index (κ2) is 3.74. The van der Waals surface area contributed by atoms with Gasteiger partial charge in [-0.25, -0.2) is 8.42 Å². The molecule has 0 aromatic heterocycles. The van der Waals surface area contributed by atoms with E-state index in [1.807, 2.05) is 0 Å². The first kappa shape index (κ1) is 11.4. The molecule has 3 atom stereocenters. The molecular weight excluding hydrogens is 210 g/mol. The molecule has 0 heterocycles. The maximum absolute atomic E-state index is 11.2.